The van der Waals surface area contributed by atoms with Gasteiger partial charge in [-0.25, -0.2) is 0 Å². The van der Waals surface area contributed by atoms with E-state index < -0.39 is 0 Å². The first-order chi connectivity index (χ1) is 6.26. The molecule has 13 heavy (non-hydrogen) atoms. The van der Waals surface area contributed by atoms with Crippen molar-refractivity contribution in [1.29, 1.82) is 0 Å². The van der Waals surface area contributed by atoms with Crippen LogP contribution in [0.3, 0.4) is 0 Å². The second-order valence-corrected chi connectivity index (χ2v) is 4.65. The first kappa shape index (κ1) is 11.0. The number of halogens is 1. The molecule has 0 saturated heterocycles. The van der Waals surface area contributed by atoms with Crippen molar-refractivity contribution in [2.45, 2.75) is 45.4 Å². The highest BCUT2D eigenvalue weighted by Gasteiger charge is 2.33. The van der Waals surface area contributed by atoms with Crippen molar-refractivity contribution < 1.29 is 4.79 Å². The molecule has 0 aliphatic heterocycles. The molecule has 0 atom stereocenters. The summed E-state index contributed by atoms with van der Waals surface area (Å²) in [6.07, 6.45) is 7.83. The predicted octanol–water partition coefficient (Wildman–Crippen LogP) is 3.40. The lowest BCUT2D eigenvalue weighted by atomic mass is 9.69. The van der Waals surface area contributed by atoms with Crippen molar-refractivity contribution in [2.24, 2.45) is 11.3 Å². The van der Waals surface area contributed by atoms with Crippen LogP contribution in [0.1, 0.15) is 45.4 Å². The highest BCUT2D eigenvalue weighted by molar-refractivity contribution is 6.17. The Hall–Kier alpha value is -0.0400. The zero-order chi connectivity index (χ0) is 9.73. The van der Waals surface area contributed by atoms with Crippen molar-refractivity contribution in [1.82, 2.24) is 0 Å². The van der Waals surface area contributed by atoms with Gasteiger partial charge in [-0.2, -0.15) is 0 Å². The smallest absolute Gasteiger partial charge is 0.126 e. The molecule has 0 N–H and O–H groups in total. The van der Waals surface area contributed by atoms with Gasteiger partial charge in [-0.3, -0.25) is 0 Å². The van der Waals surface area contributed by atoms with Gasteiger partial charge in [-0.15, -0.1) is 11.6 Å². The maximum absolute atomic E-state index is 11.0. The third-order valence-corrected chi connectivity index (χ3v) is 3.71. The number of carbonyl (C=O) groups excluding carboxylic acids is 1. The van der Waals surface area contributed by atoms with Crippen LogP contribution in [0.5, 0.6) is 0 Å². The molecule has 0 unspecified atom stereocenters. The van der Waals surface area contributed by atoms with Crippen LogP contribution in [0.4, 0.5) is 0 Å². The van der Waals surface area contributed by atoms with Gasteiger partial charge in [0.15, 0.2) is 0 Å². The average molecular weight is 203 g/mol. The molecule has 0 heterocycles. The number of rotatable bonds is 4. The minimum Gasteiger partial charge on any atom is -0.303 e. The zero-order valence-corrected chi connectivity index (χ0v) is 9.15. The number of hydrogen-bond acceptors (Lipinski definition) is 1. The van der Waals surface area contributed by atoms with Gasteiger partial charge in [0.25, 0.3) is 0 Å². The van der Waals surface area contributed by atoms with Crippen molar-refractivity contribution in [3.63, 3.8) is 0 Å². The van der Waals surface area contributed by atoms with Crippen molar-refractivity contribution in [3.8, 4) is 0 Å². The van der Waals surface area contributed by atoms with E-state index in [1.807, 2.05) is 0 Å². The summed E-state index contributed by atoms with van der Waals surface area (Å²) < 4.78 is 0. The Morgan fingerprint density at radius 2 is 2.08 bits per heavy atom. The van der Waals surface area contributed by atoms with E-state index in [0.717, 1.165) is 31.5 Å². The van der Waals surface area contributed by atoms with Gasteiger partial charge in [-0.05, 0) is 38.0 Å². The maximum atomic E-state index is 11.0. The van der Waals surface area contributed by atoms with Gasteiger partial charge in [0, 0.05) is 11.3 Å². The van der Waals surface area contributed by atoms with Gasteiger partial charge in [-0.1, -0.05) is 13.3 Å². The molecule has 0 aromatic heterocycles. The lowest BCUT2D eigenvalue weighted by Gasteiger charge is -2.35. The van der Waals surface area contributed by atoms with Crippen LogP contribution in [-0.2, 0) is 4.79 Å². The monoisotopic (exact) mass is 202 g/mol. The SMILES string of the molecule is CCC1CCC(C=O)(CCCl)CC1. The molecule has 2 heteroatoms. The average Bonchev–Trinajstić information content (AvgIpc) is 2.19. The van der Waals surface area contributed by atoms with E-state index in [4.69, 9.17) is 11.6 Å². The zero-order valence-electron chi connectivity index (χ0n) is 8.39. The van der Waals surface area contributed by atoms with Gasteiger partial charge >= 0.3 is 0 Å². The molecule has 1 aliphatic carbocycles. The Balaban J connectivity index is 2.47. The first-order valence-corrected chi connectivity index (χ1v) is 5.82. The molecule has 1 saturated carbocycles. The molecule has 0 radical (unpaired) electrons. The summed E-state index contributed by atoms with van der Waals surface area (Å²) in [5, 5.41) is 0. The van der Waals surface area contributed by atoms with Gasteiger partial charge in [0.1, 0.15) is 6.29 Å². The van der Waals surface area contributed by atoms with Gasteiger partial charge in [0.2, 0.25) is 0 Å². The third-order valence-electron chi connectivity index (χ3n) is 3.52. The summed E-state index contributed by atoms with van der Waals surface area (Å²) in [7, 11) is 0. The second kappa shape index (κ2) is 4.99. The molecule has 0 bridgehead atoms. The van der Waals surface area contributed by atoms with Crippen LogP contribution in [0.25, 0.3) is 0 Å². The summed E-state index contributed by atoms with van der Waals surface area (Å²) in [6.45, 7) is 2.24. The topological polar surface area (TPSA) is 17.1 Å². The maximum Gasteiger partial charge on any atom is 0.126 e. The third kappa shape index (κ3) is 2.70. The highest BCUT2D eigenvalue weighted by atomic mass is 35.5. The van der Waals surface area contributed by atoms with E-state index in [1.54, 1.807) is 0 Å². The van der Waals surface area contributed by atoms with Crippen LogP contribution < -0.4 is 0 Å². The standard InChI is InChI=1S/C11H19ClO/c1-2-10-3-5-11(9-13,6-4-10)7-8-12/h9-10H,2-8H2,1H3. The van der Waals surface area contributed by atoms with Crippen molar-refractivity contribution in [2.75, 3.05) is 5.88 Å². The molecule has 1 rings (SSSR count). The predicted molar refractivity (Wildman–Crippen MR) is 56.1 cm³/mol. The normalized spacial score (nSPS) is 34.5. The Bertz CT molecular complexity index is 159. The van der Waals surface area contributed by atoms with Crippen molar-refractivity contribution in [3.05, 3.63) is 0 Å². The van der Waals surface area contributed by atoms with E-state index in [-0.39, 0.29) is 5.41 Å². The number of carbonyl (C=O) groups is 1. The fraction of sp³-hybridized carbons (Fsp3) is 0.909. The molecule has 1 aliphatic rings. The molecular formula is C11H19ClO. The minimum absolute atomic E-state index is 0.0621. The van der Waals surface area contributed by atoms with Crippen molar-refractivity contribution >= 4 is 17.9 Å². The van der Waals surface area contributed by atoms with E-state index in [1.165, 1.54) is 19.3 Å². The molecular weight excluding hydrogens is 184 g/mol. The van der Waals surface area contributed by atoms with Crippen LogP contribution in [0.2, 0.25) is 0 Å². The van der Waals surface area contributed by atoms with E-state index in [0.29, 0.717) is 5.88 Å². The summed E-state index contributed by atoms with van der Waals surface area (Å²) in [5.74, 6) is 1.47. The fourth-order valence-electron chi connectivity index (χ4n) is 2.28. The van der Waals surface area contributed by atoms with E-state index in [2.05, 4.69) is 6.92 Å². The molecule has 0 aromatic rings. The second-order valence-electron chi connectivity index (χ2n) is 4.27. The van der Waals surface area contributed by atoms with Crippen LogP contribution in [0, 0.1) is 11.3 Å². The molecule has 1 fully saturated rings. The number of hydrogen-bond donors (Lipinski definition) is 0. The minimum atomic E-state index is -0.0621. The Labute approximate surface area is 85.8 Å². The fourth-order valence-corrected chi connectivity index (χ4v) is 2.65. The summed E-state index contributed by atoms with van der Waals surface area (Å²) >= 11 is 5.71. The van der Waals surface area contributed by atoms with E-state index >= 15 is 0 Å². The van der Waals surface area contributed by atoms with Crippen LogP contribution in [0.15, 0.2) is 0 Å². The Morgan fingerprint density at radius 1 is 1.46 bits per heavy atom. The van der Waals surface area contributed by atoms with E-state index in [9.17, 15) is 4.79 Å². The largest absolute Gasteiger partial charge is 0.303 e. The van der Waals surface area contributed by atoms with Gasteiger partial charge in [0.05, 0.1) is 0 Å². The quantitative estimate of drug-likeness (QED) is 0.505. The molecule has 76 valence electrons. The lowest BCUT2D eigenvalue weighted by molar-refractivity contribution is -0.118. The molecule has 0 amide bonds. The Morgan fingerprint density at radius 3 is 2.46 bits per heavy atom. The molecule has 0 spiro atoms. The number of aldehydes is 1. The molecule has 1 nitrogen and oxygen atoms in total. The highest BCUT2D eigenvalue weighted by Crippen LogP contribution is 2.41. The summed E-state index contributed by atoms with van der Waals surface area (Å²) in [6, 6.07) is 0. The Kier molecular flexibility index (Phi) is 4.24. The summed E-state index contributed by atoms with van der Waals surface area (Å²) in [5.41, 5.74) is -0.0621. The first-order valence-electron chi connectivity index (χ1n) is 5.28. The summed E-state index contributed by atoms with van der Waals surface area (Å²) in [4.78, 5) is 11.0. The van der Waals surface area contributed by atoms with Gasteiger partial charge < -0.3 is 4.79 Å². The lowest BCUT2D eigenvalue weighted by Crippen LogP contribution is -2.29. The van der Waals surface area contributed by atoms with Crippen LogP contribution in [-0.4, -0.2) is 12.2 Å². The molecule has 0 aromatic carbocycles. The number of alkyl halides is 1. The van der Waals surface area contributed by atoms with Crippen LogP contribution >= 0.6 is 11.6 Å².